The van der Waals surface area contributed by atoms with Gasteiger partial charge in [0, 0.05) is 65.0 Å². The molecule has 0 aliphatic carbocycles. The molecule has 38 heteroatoms. The molecule has 6 heterocycles. The van der Waals surface area contributed by atoms with Gasteiger partial charge in [-0.15, -0.1) is 32.8 Å². The van der Waals surface area contributed by atoms with Gasteiger partial charge in [0.15, 0.2) is 16.7 Å². The third-order valence-corrected chi connectivity index (χ3v) is 27.5. The average Bonchev–Trinajstić information content (AvgIpc) is 1.44. The molecule has 0 radical (unpaired) electrons. The molecule has 0 saturated carbocycles. The highest BCUT2D eigenvalue weighted by Gasteiger charge is 2.37. The van der Waals surface area contributed by atoms with E-state index in [0.29, 0.717) is 28.2 Å². The zero-order valence-corrected chi connectivity index (χ0v) is 64.5. The van der Waals surface area contributed by atoms with E-state index in [0.717, 1.165) is 197 Å². The van der Waals surface area contributed by atoms with Crippen molar-refractivity contribution in [3.05, 3.63) is 17.2 Å². The fourth-order valence-corrected chi connectivity index (χ4v) is 19.2. The largest absolute Gasteiger partial charge is 0.454 e. The summed E-state index contributed by atoms with van der Waals surface area (Å²) in [5.74, 6) is 0. The molecule has 0 saturated heterocycles. The SMILES string of the molecule is Bc1c(B)c(B)c2c(oc3c2c(B)c(B)c2c4c(B)c(B)c(B)c(B)c4n(-c4cc(-n5c6c(B)c(B)c(B)c(B)c6c6c(B)c(B)c7c(oc8c(B)c(B)c(B)c(B)c87)c65)c(C#N)c(-n5c6c(B)c(B)c(B)c(B)c6c6c(B)c(B)c7c(oc8c(B)c(B)c(B)c(B)c87)c65)c4C#N)c32)c1B. The van der Waals surface area contributed by atoms with E-state index in [1.54, 1.807) is 0 Å². The number of fused-ring (bicyclic) bond motifs is 21. The van der Waals surface area contributed by atoms with E-state index in [1.165, 1.54) is 98.3 Å². The lowest BCUT2D eigenvalue weighted by atomic mass is 9.64. The third kappa shape index (κ3) is 7.70. The highest BCUT2D eigenvalue weighted by atomic mass is 16.3. The first kappa shape index (κ1) is 66.5. The van der Waals surface area contributed by atoms with E-state index < -0.39 is 0 Å². The molecule has 0 N–H and O–H groups in total. The Labute approximate surface area is 609 Å². The summed E-state index contributed by atoms with van der Waals surface area (Å²) in [5, 5.41) is 39.7. The molecular formula is C62H61B30N5O3. The van der Waals surface area contributed by atoms with Gasteiger partial charge in [-0.05, 0) is 22.2 Å². The molecule has 100 heavy (non-hydrogen) atoms. The first-order chi connectivity index (χ1) is 47.2. The standard InChI is InChI=1S/C62H61B30N5O3/c63-20-11-8-23(66)32(75)38(81)44(87)51(8)95(54(11)60-17(26(20)69)14-29(72)35(78)41(84)47(90)57(14)98-60)6-1-7(96-52-9(24(67)33(76)39(82)45(52)88)12-21(64)27(70)18-15-30(73)36(79)42(85)48(91)58(15)99-61(18)55(12)96)5(3-94)50(4(6)2-93)97-53-10(25(68)34(77)40(83)46(53)89)13-22(65)28(71)19-16-31(74)37(80)43(86)49(92)59(16)100-62(19)56(13)97/h1H,63-92H2. The molecule has 0 atom stereocenters. The third-order valence-electron chi connectivity index (χ3n) is 27.5. The topological polar surface area (TPSA) is 102 Å². The molecular weight excluding hydrogens is 1190 g/mol. The fourth-order valence-electron chi connectivity index (χ4n) is 19.2. The molecule has 0 bridgehead atoms. The van der Waals surface area contributed by atoms with Crippen molar-refractivity contribution in [1.82, 2.24) is 13.7 Å². The molecule has 16 rings (SSSR count). The molecule has 0 fully saturated rings. The lowest BCUT2D eigenvalue weighted by molar-refractivity contribution is 0.674. The van der Waals surface area contributed by atoms with Crippen LogP contribution in [0.2, 0.25) is 0 Å². The number of nitriles is 2. The first-order valence-corrected chi connectivity index (χ1v) is 35.8. The van der Waals surface area contributed by atoms with Crippen LogP contribution in [0.15, 0.2) is 19.3 Å². The van der Waals surface area contributed by atoms with Crippen molar-refractivity contribution < 1.29 is 13.3 Å². The molecule has 0 spiro atoms. The van der Waals surface area contributed by atoms with E-state index in [9.17, 15) is 10.5 Å². The smallest absolute Gasteiger partial charge is 0.159 e. The summed E-state index contributed by atoms with van der Waals surface area (Å²) in [6, 6.07) is 8.33. The minimum atomic E-state index is 0.352. The van der Waals surface area contributed by atoms with Crippen LogP contribution in [0.25, 0.3) is 148 Å². The Kier molecular flexibility index (Phi) is 14.4. The molecule has 16 aromatic rings. The summed E-state index contributed by atoms with van der Waals surface area (Å²) in [4.78, 5) is 0. The van der Waals surface area contributed by atoms with Crippen molar-refractivity contribution in [2.24, 2.45) is 0 Å². The van der Waals surface area contributed by atoms with Crippen LogP contribution < -0.4 is 164 Å². The molecule has 0 aliphatic heterocycles. The second-order valence-electron chi connectivity index (χ2n) is 30.9. The van der Waals surface area contributed by atoms with Crippen molar-refractivity contribution in [2.45, 2.75) is 0 Å². The predicted molar refractivity (Wildman–Crippen MR) is 526 cm³/mol. The van der Waals surface area contributed by atoms with Crippen LogP contribution in [0.5, 0.6) is 0 Å². The van der Waals surface area contributed by atoms with Gasteiger partial charge in [0.2, 0.25) is 0 Å². The minimum absolute atomic E-state index is 0.352. The zero-order valence-electron chi connectivity index (χ0n) is 64.5. The molecule has 0 amide bonds. The van der Waals surface area contributed by atoms with Gasteiger partial charge in [-0.25, -0.2) is 0 Å². The van der Waals surface area contributed by atoms with Crippen LogP contribution in [0, 0.1) is 22.7 Å². The summed E-state index contributed by atoms with van der Waals surface area (Å²) in [6.45, 7) is 0. The van der Waals surface area contributed by atoms with Crippen molar-refractivity contribution in [1.29, 1.82) is 10.5 Å². The predicted octanol–water partition coefficient (Wildman–Crippen LogP) is -35.8. The quantitative estimate of drug-likeness (QED) is 0.164. The van der Waals surface area contributed by atoms with E-state index >= 15 is 0 Å². The van der Waals surface area contributed by atoms with Crippen LogP contribution in [0.3, 0.4) is 0 Å². The number of hydrogen-bond donors (Lipinski definition) is 0. The monoisotopic (exact) mass is 1250 g/mol. The maximum Gasteiger partial charge on any atom is 0.159 e. The van der Waals surface area contributed by atoms with Crippen LogP contribution in [-0.2, 0) is 0 Å². The Balaban J connectivity index is 1.29. The molecule has 0 aliphatic rings. The maximum absolute atomic E-state index is 13.3. The number of furan rings is 3. The lowest BCUT2D eigenvalue weighted by Crippen LogP contribution is -2.48. The van der Waals surface area contributed by atoms with Gasteiger partial charge in [-0.3, -0.25) is 0 Å². The number of benzene rings is 10. The first-order valence-electron chi connectivity index (χ1n) is 35.8. The van der Waals surface area contributed by atoms with Gasteiger partial charge >= 0.3 is 0 Å². The highest BCUT2D eigenvalue weighted by molar-refractivity contribution is 6.77. The Morgan fingerprint density at radius 3 is 0.640 bits per heavy atom. The number of nitrogens with zero attached hydrogens (tertiary/aromatic N) is 5. The zero-order chi connectivity index (χ0) is 72.0. The molecule has 6 aromatic heterocycles. The Morgan fingerprint density at radius 1 is 0.200 bits per heavy atom. The van der Waals surface area contributed by atoms with Crippen molar-refractivity contribution in [3.8, 4) is 29.2 Å². The van der Waals surface area contributed by atoms with E-state index in [4.69, 9.17) is 13.3 Å². The van der Waals surface area contributed by atoms with Crippen molar-refractivity contribution >= 4 is 531 Å². The van der Waals surface area contributed by atoms with E-state index in [1.807, 2.05) is 0 Å². The average molecular weight is 1250 g/mol. The molecule has 442 valence electrons. The summed E-state index contributed by atoms with van der Waals surface area (Å²) < 4.78 is 30.4. The maximum atomic E-state index is 13.3. The van der Waals surface area contributed by atoms with E-state index in [2.05, 4.69) is 267 Å². The second kappa shape index (κ2) is 21.7. The second-order valence-corrected chi connectivity index (χ2v) is 30.9. The van der Waals surface area contributed by atoms with E-state index in [-0.39, 0.29) is 0 Å². The molecule has 8 nitrogen and oxygen atoms in total. The lowest BCUT2D eigenvalue weighted by Gasteiger charge is -2.24. The van der Waals surface area contributed by atoms with Gasteiger partial charge in [-0.2, -0.15) is 10.5 Å². The molecule has 10 aromatic carbocycles. The number of hydrogen-bond acceptors (Lipinski definition) is 5. The number of aromatic nitrogens is 3. The van der Waals surface area contributed by atoms with Gasteiger partial charge in [-0.1, -0.05) is 131 Å². The van der Waals surface area contributed by atoms with Crippen LogP contribution in [0.4, 0.5) is 0 Å². The highest BCUT2D eigenvalue weighted by Crippen LogP contribution is 2.46. The van der Waals surface area contributed by atoms with Gasteiger partial charge in [0.05, 0.1) is 33.6 Å². The molecule has 0 unspecified atom stereocenters. The van der Waals surface area contributed by atoms with Crippen molar-refractivity contribution in [2.75, 3.05) is 0 Å². The van der Waals surface area contributed by atoms with Gasteiger partial charge < -0.3 is 27.0 Å². The van der Waals surface area contributed by atoms with Crippen LogP contribution >= 0.6 is 0 Å². The van der Waals surface area contributed by atoms with Gasteiger partial charge in [0.25, 0.3) is 0 Å². The van der Waals surface area contributed by atoms with Crippen LogP contribution in [-0.4, -0.2) is 249 Å². The Bertz CT molecular complexity index is 6660. The number of rotatable bonds is 3. The minimum Gasteiger partial charge on any atom is -0.454 e. The Hall–Kier alpha value is -8.07. The van der Waals surface area contributed by atoms with Crippen LogP contribution in [0.1, 0.15) is 11.1 Å². The summed E-state index contributed by atoms with van der Waals surface area (Å²) >= 11 is 0. The van der Waals surface area contributed by atoms with Crippen molar-refractivity contribution in [3.63, 3.8) is 0 Å². The summed E-state index contributed by atoms with van der Waals surface area (Å²) in [6.07, 6.45) is 0. The normalized spacial score (nSPS) is 12.2. The summed E-state index contributed by atoms with van der Waals surface area (Å²) in [5.41, 5.74) is 48.0. The fraction of sp³-hybridized carbons (Fsp3) is 0. The Morgan fingerprint density at radius 2 is 0.380 bits per heavy atom. The van der Waals surface area contributed by atoms with Gasteiger partial charge in [0.1, 0.15) is 275 Å². The summed E-state index contributed by atoms with van der Waals surface area (Å²) in [7, 11) is 67.4.